The number of aliphatic hydroxyl groups is 9. The van der Waals surface area contributed by atoms with Crippen LogP contribution in [0.4, 0.5) is 0 Å². The Hall–Kier alpha value is -1.58. The molecule has 0 spiro atoms. The third-order valence-corrected chi connectivity index (χ3v) is 15.2. The third-order valence-electron chi connectivity index (χ3n) is 15.2. The lowest BCUT2D eigenvalue weighted by molar-refractivity contribution is -0.347. The molecule has 0 aromatic heterocycles. The maximum atomic E-state index is 13.4. The van der Waals surface area contributed by atoms with E-state index in [4.69, 9.17) is 18.9 Å². The van der Waals surface area contributed by atoms with Gasteiger partial charge in [-0.3, -0.25) is 9.59 Å². The van der Waals surface area contributed by atoms with Crippen molar-refractivity contribution >= 4 is 11.8 Å². The highest BCUT2D eigenvalue weighted by atomic mass is 16.7. The van der Waals surface area contributed by atoms with E-state index in [1.807, 2.05) is 0 Å². The minimum atomic E-state index is -1.86. The first-order valence-corrected chi connectivity index (χ1v) is 29.3. The Balaban J connectivity index is 1.92. The summed E-state index contributed by atoms with van der Waals surface area (Å²) in [5.74, 6) is -0.561. The summed E-state index contributed by atoms with van der Waals surface area (Å²) in [6.45, 7) is 5.93. The number of hydrogen-bond acceptors (Lipinski definition) is 15. The molecule has 17 nitrogen and oxygen atoms in total. The van der Waals surface area contributed by atoms with Crippen LogP contribution in [0.25, 0.3) is 0 Å². The minimum Gasteiger partial charge on any atom is -0.394 e. The van der Waals surface area contributed by atoms with Crippen LogP contribution in [0.15, 0.2) is 0 Å². The van der Waals surface area contributed by atoms with Gasteiger partial charge in [0.05, 0.1) is 32.0 Å². The van der Waals surface area contributed by atoms with Gasteiger partial charge in [-0.15, -0.1) is 0 Å². The summed E-state index contributed by atoms with van der Waals surface area (Å²) in [6.07, 6.45) is 17.3. The van der Waals surface area contributed by atoms with Crippen molar-refractivity contribution in [3.63, 3.8) is 0 Å². The molecule has 11 N–H and O–H groups in total. The Morgan fingerprint density at radius 2 is 0.986 bits per heavy atom. The van der Waals surface area contributed by atoms with Gasteiger partial charge in [0.1, 0.15) is 61.0 Å². The zero-order chi connectivity index (χ0) is 53.8. The number of amides is 2. The van der Waals surface area contributed by atoms with E-state index in [1.54, 1.807) is 0 Å². The summed E-state index contributed by atoms with van der Waals surface area (Å²) < 4.78 is 23.2. The maximum absolute atomic E-state index is 13.4. The Bertz CT molecular complexity index is 1350. The average molecular weight is 1050 g/mol. The molecule has 0 aromatic carbocycles. The summed E-state index contributed by atoms with van der Waals surface area (Å²) in [5, 5.41) is 102. The summed E-state index contributed by atoms with van der Waals surface area (Å²) in [6, 6.07) is -2.67. The van der Waals surface area contributed by atoms with Gasteiger partial charge in [0.2, 0.25) is 11.8 Å². The smallest absolute Gasteiger partial charge is 0.249 e. The molecule has 0 saturated carbocycles. The molecule has 0 aromatic rings. The summed E-state index contributed by atoms with van der Waals surface area (Å²) >= 11 is 0. The Labute approximate surface area is 440 Å². The fraction of sp³-hybridized carbons (Fsp3) is 0.964. The highest BCUT2D eigenvalue weighted by Crippen LogP contribution is 2.30. The van der Waals surface area contributed by atoms with Crippen molar-refractivity contribution in [3.8, 4) is 0 Å². The fourth-order valence-electron chi connectivity index (χ4n) is 10.1. The van der Waals surface area contributed by atoms with E-state index in [-0.39, 0.29) is 12.8 Å². The van der Waals surface area contributed by atoms with Crippen molar-refractivity contribution in [3.05, 3.63) is 0 Å². The lowest BCUT2D eigenvalue weighted by Gasteiger charge is -2.47. The molecule has 15 atom stereocenters. The van der Waals surface area contributed by atoms with Crippen molar-refractivity contribution in [2.45, 2.75) is 319 Å². The lowest BCUT2D eigenvalue weighted by Crippen LogP contribution is -2.67. The molecule has 2 heterocycles. The van der Waals surface area contributed by atoms with Crippen LogP contribution in [0.5, 0.6) is 0 Å². The predicted octanol–water partition coefficient (Wildman–Crippen LogP) is 6.50. The number of carbonyl (C=O) groups is 2. The molecule has 0 bridgehead atoms. The number of ether oxygens (including phenoxy) is 4. The van der Waals surface area contributed by atoms with Gasteiger partial charge in [-0.25, -0.2) is 0 Å². The maximum Gasteiger partial charge on any atom is 0.249 e. The van der Waals surface area contributed by atoms with Gasteiger partial charge < -0.3 is 75.5 Å². The molecule has 0 aliphatic carbocycles. The molecule has 2 aliphatic heterocycles. The second-order valence-corrected chi connectivity index (χ2v) is 21.7. The van der Waals surface area contributed by atoms with Crippen LogP contribution in [0.1, 0.15) is 233 Å². The monoisotopic (exact) mass is 1050 g/mol. The van der Waals surface area contributed by atoms with E-state index in [0.29, 0.717) is 12.8 Å². The van der Waals surface area contributed by atoms with Crippen molar-refractivity contribution in [2.75, 3.05) is 19.8 Å². The first-order valence-electron chi connectivity index (χ1n) is 29.3. The van der Waals surface area contributed by atoms with Gasteiger partial charge in [0.15, 0.2) is 12.6 Å². The molecular formula is C56H108N2O15. The van der Waals surface area contributed by atoms with Crippen LogP contribution < -0.4 is 10.6 Å². The van der Waals surface area contributed by atoms with E-state index in [1.165, 1.54) is 135 Å². The molecule has 2 amide bonds. The molecule has 15 unspecified atom stereocenters. The largest absolute Gasteiger partial charge is 0.394 e. The second-order valence-electron chi connectivity index (χ2n) is 21.7. The van der Waals surface area contributed by atoms with E-state index in [0.717, 1.165) is 57.8 Å². The SMILES string of the molecule is CCCCCCCCCCCCCCCCCCCC(O)C(=O)NC(COC1OC(CO)C(OC2OC(CO)C(O)C(O)C2NC(C)=O)C(O)C1O)C(O)C(O)CCCCCCCCCCCCCC(C)CC. The minimum absolute atomic E-state index is 0.202. The van der Waals surface area contributed by atoms with Gasteiger partial charge >= 0.3 is 0 Å². The van der Waals surface area contributed by atoms with E-state index in [9.17, 15) is 55.5 Å². The molecule has 73 heavy (non-hydrogen) atoms. The Morgan fingerprint density at radius 1 is 0.548 bits per heavy atom. The van der Waals surface area contributed by atoms with Crippen LogP contribution >= 0.6 is 0 Å². The zero-order valence-electron chi connectivity index (χ0n) is 45.9. The number of aliphatic hydroxyl groups excluding tert-OH is 9. The number of rotatable bonds is 45. The molecule has 2 saturated heterocycles. The summed E-state index contributed by atoms with van der Waals surface area (Å²) in [5.41, 5.74) is 0. The highest BCUT2D eigenvalue weighted by molar-refractivity contribution is 5.80. The second kappa shape index (κ2) is 41.5. The van der Waals surface area contributed by atoms with Gasteiger partial charge in [0, 0.05) is 6.92 Å². The van der Waals surface area contributed by atoms with Crippen LogP contribution in [-0.2, 0) is 28.5 Å². The Kier molecular flexibility index (Phi) is 38.4. The topological polar surface area (TPSA) is 277 Å². The third kappa shape index (κ3) is 28.0. The van der Waals surface area contributed by atoms with Crippen molar-refractivity contribution in [1.29, 1.82) is 0 Å². The summed E-state index contributed by atoms with van der Waals surface area (Å²) in [4.78, 5) is 25.4. The number of carbonyl (C=O) groups excluding carboxylic acids is 2. The molecular weight excluding hydrogens is 941 g/mol. The molecule has 2 fully saturated rings. The van der Waals surface area contributed by atoms with Gasteiger partial charge in [0.25, 0.3) is 0 Å². The average Bonchev–Trinajstić information content (AvgIpc) is 3.38. The first-order chi connectivity index (χ1) is 35.2. The number of nitrogens with one attached hydrogen (secondary N) is 2. The number of hydrogen-bond donors (Lipinski definition) is 11. The molecule has 0 radical (unpaired) electrons. The van der Waals surface area contributed by atoms with E-state index >= 15 is 0 Å². The van der Waals surface area contributed by atoms with E-state index < -0.39 is 117 Å². The molecule has 17 heteroatoms. The molecule has 432 valence electrons. The van der Waals surface area contributed by atoms with Crippen molar-refractivity contribution < 1.29 is 74.5 Å². The van der Waals surface area contributed by atoms with Gasteiger partial charge in [-0.2, -0.15) is 0 Å². The fourth-order valence-corrected chi connectivity index (χ4v) is 10.1. The summed E-state index contributed by atoms with van der Waals surface area (Å²) in [7, 11) is 0. The number of unbranched alkanes of at least 4 members (excludes halogenated alkanes) is 26. The van der Waals surface area contributed by atoms with Crippen LogP contribution in [-0.4, -0.2) is 163 Å². The first kappa shape index (κ1) is 67.5. The van der Waals surface area contributed by atoms with Crippen molar-refractivity contribution in [2.24, 2.45) is 5.92 Å². The molecule has 2 aliphatic rings. The van der Waals surface area contributed by atoms with Crippen LogP contribution in [0.2, 0.25) is 0 Å². The van der Waals surface area contributed by atoms with Crippen LogP contribution in [0.3, 0.4) is 0 Å². The Morgan fingerprint density at radius 3 is 1.44 bits per heavy atom. The standard InChI is InChI=1S/C56H108N2O15/c1-5-7-8-9-10-11-12-13-14-15-16-17-20-24-27-30-33-36-44(63)54(69)58-42(48(64)43(62)35-32-29-26-23-21-18-19-22-25-28-31-34-40(3)6-2)39-70-56-52(68)51(67)53(46(38-60)72-56)73-55-47(57-41(4)61)50(66)49(65)45(37-59)71-55/h40,42-53,55-56,59-60,62-68H,5-39H2,1-4H3,(H,57,61)(H,58,69). The molecule has 2 rings (SSSR count). The van der Waals surface area contributed by atoms with Crippen molar-refractivity contribution in [1.82, 2.24) is 10.6 Å². The highest BCUT2D eigenvalue weighted by Gasteiger charge is 2.51. The van der Waals surface area contributed by atoms with Gasteiger partial charge in [-0.1, -0.05) is 213 Å². The van der Waals surface area contributed by atoms with Gasteiger partial charge in [-0.05, 0) is 18.8 Å². The quantitative estimate of drug-likeness (QED) is 0.0291. The van der Waals surface area contributed by atoms with Crippen LogP contribution in [0, 0.1) is 5.92 Å². The normalized spacial score (nSPS) is 26.5. The van der Waals surface area contributed by atoms with E-state index in [2.05, 4.69) is 31.4 Å². The zero-order valence-corrected chi connectivity index (χ0v) is 45.9. The predicted molar refractivity (Wildman–Crippen MR) is 282 cm³/mol. The lowest BCUT2D eigenvalue weighted by atomic mass is 9.95.